The molecule has 2 aliphatic heterocycles. The molecule has 4 nitrogen and oxygen atoms in total. The van der Waals surface area contributed by atoms with Crippen molar-refractivity contribution in [1.29, 1.82) is 5.26 Å². The van der Waals surface area contributed by atoms with E-state index in [1.54, 1.807) is 13.0 Å². The van der Waals surface area contributed by atoms with Crippen molar-refractivity contribution in [3.8, 4) is 6.07 Å². The van der Waals surface area contributed by atoms with Crippen LogP contribution in [0.2, 0.25) is 0 Å². The number of nitriles is 1. The maximum Gasteiger partial charge on any atom is 0.141 e. The van der Waals surface area contributed by atoms with Crippen LogP contribution in [0.25, 0.3) is 0 Å². The number of nitrogens with one attached hydrogen (secondary N) is 1. The fourth-order valence-electron chi connectivity index (χ4n) is 3.07. The van der Waals surface area contributed by atoms with E-state index < -0.39 is 5.82 Å². The van der Waals surface area contributed by atoms with Crippen molar-refractivity contribution in [2.75, 3.05) is 32.8 Å². The minimum Gasteiger partial charge on any atom is -0.370 e. The summed E-state index contributed by atoms with van der Waals surface area (Å²) in [5.74, 6) is -0.454. The molecule has 2 aliphatic rings. The molecule has 1 unspecified atom stereocenters. The first-order valence-corrected chi connectivity index (χ1v) is 6.96. The van der Waals surface area contributed by atoms with E-state index in [0.717, 1.165) is 31.7 Å². The molecule has 0 aromatic heterocycles. The van der Waals surface area contributed by atoms with Gasteiger partial charge in [-0.15, -0.1) is 0 Å². The molecule has 0 saturated carbocycles. The van der Waals surface area contributed by atoms with E-state index >= 15 is 0 Å². The van der Waals surface area contributed by atoms with Crippen LogP contribution in [0.4, 0.5) is 4.39 Å². The highest BCUT2D eigenvalue weighted by molar-refractivity contribution is 5.44. The first-order chi connectivity index (χ1) is 9.70. The normalized spacial score (nSPS) is 26.9. The molecule has 5 heteroatoms. The molecule has 0 bridgehead atoms. The molecule has 2 heterocycles. The summed E-state index contributed by atoms with van der Waals surface area (Å²) in [5.41, 5.74) is 1.76. The van der Waals surface area contributed by atoms with Crippen molar-refractivity contribution in [2.45, 2.75) is 19.1 Å². The maximum absolute atomic E-state index is 13.6. The number of halogens is 1. The van der Waals surface area contributed by atoms with E-state index in [1.807, 2.05) is 6.07 Å². The van der Waals surface area contributed by atoms with E-state index in [2.05, 4.69) is 10.2 Å². The zero-order valence-electron chi connectivity index (χ0n) is 11.5. The summed E-state index contributed by atoms with van der Waals surface area (Å²) in [6.45, 7) is 6.24. The molecule has 106 valence electrons. The zero-order chi connectivity index (χ0) is 14.1. The average Bonchev–Trinajstić information content (AvgIpc) is 2.47. The molecule has 0 spiro atoms. The monoisotopic (exact) mass is 275 g/mol. The highest BCUT2D eigenvalue weighted by Gasteiger charge is 2.32. The molecule has 1 aromatic carbocycles. The second kappa shape index (κ2) is 5.49. The Labute approximate surface area is 118 Å². The lowest BCUT2D eigenvalue weighted by atomic mass is 9.96. The average molecular weight is 275 g/mol. The van der Waals surface area contributed by atoms with Crippen molar-refractivity contribution in [3.05, 3.63) is 34.6 Å². The van der Waals surface area contributed by atoms with Gasteiger partial charge >= 0.3 is 0 Å². The first-order valence-electron chi connectivity index (χ1n) is 6.96. The largest absolute Gasteiger partial charge is 0.370 e. The first kappa shape index (κ1) is 13.5. The van der Waals surface area contributed by atoms with Gasteiger partial charge in [-0.05, 0) is 24.1 Å². The van der Waals surface area contributed by atoms with Crippen LogP contribution in [0.15, 0.2) is 12.1 Å². The van der Waals surface area contributed by atoms with Gasteiger partial charge in [0, 0.05) is 32.2 Å². The Balaban J connectivity index is 1.85. The minimum absolute atomic E-state index is 0.0722. The van der Waals surface area contributed by atoms with Gasteiger partial charge in [0.1, 0.15) is 11.9 Å². The topological polar surface area (TPSA) is 48.3 Å². The standard InChI is InChI=1S/C15H18FN3O/c1-10-12(2-3-14(16)13(10)6-17)15-8-19-5-4-18-7-11(19)9-20-15/h2-3,11,15,18H,4-5,7-9H2,1H3/t11-,15?/m1/s1. The van der Waals surface area contributed by atoms with Crippen LogP contribution in [0.5, 0.6) is 0 Å². The molecule has 0 aliphatic carbocycles. The Hall–Kier alpha value is -1.48. The van der Waals surface area contributed by atoms with E-state index in [0.29, 0.717) is 18.2 Å². The maximum atomic E-state index is 13.6. The zero-order valence-corrected chi connectivity index (χ0v) is 11.5. The van der Waals surface area contributed by atoms with Gasteiger partial charge in [-0.1, -0.05) is 6.07 Å². The highest BCUT2D eigenvalue weighted by Crippen LogP contribution is 2.29. The molecular formula is C15H18FN3O. The Morgan fingerprint density at radius 3 is 3.15 bits per heavy atom. The fourth-order valence-corrected chi connectivity index (χ4v) is 3.07. The Morgan fingerprint density at radius 1 is 1.50 bits per heavy atom. The molecule has 2 saturated heterocycles. The van der Waals surface area contributed by atoms with E-state index in [1.165, 1.54) is 6.07 Å². The third kappa shape index (κ3) is 2.31. The van der Waals surface area contributed by atoms with Gasteiger partial charge in [-0.25, -0.2) is 4.39 Å². The van der Waals surface area contributed by atoms with Crippen molar-refractivity contribution in [2.24, 2.45) is 0 Å². The molecule has 1 N–H and O–H groups in total. The fraction of sp³-hybridized carbons (Fsp3) is 0.533. The van der Waals surface area contributed by atoms with Gasteiger partial charge in [-0.3, -0.25) is 4.90 Å². The van der Waals surface area contributed by atoms with Crippen LogP contribution in [0.3, 0.4) is 0 Å². The number of hydrogen-bond acceptors (Lipinski definition) is 4. The highest BCUT2D eigenvalue weighted by atomic mass is 19.1. The van der Waals surface area contributed by atoms with Crippen molar-refractivity contribution >= 4 is 0 Å². The SMILES string of the molecule is Cc1c(C2CN3CCNC[C@@H]3CO2)ccc(F)c1C#N. The third-order valence-electron chi connectivity index (χ3n) is 4.28. The van der Waals surface area contributed by atoms with Gasteiger partial charge in [0.15, 0.2) is 0 Å². The van der Waals surface area contributed by atoms with E-state index in [4.69, 9.17) is 10.00 Å². The summed E-state index contributed by atoms with van der Waals surface area (Å²) < 4.78 is 19.5. The Bertz CT molecular complexity index is 555. The van der Waals surface area contributed by atoms with Crippen molar-refractivity contribution < 1.29 is 9.13 Å². The summed E-state index contributed by atoms with van der Waals surface area (Å²) in [6.07, 6.45) is -0.0722. The van der Waals surface area contributed by atoms with Crippen LogP contribution in [-0.4, -0.2) is 43.7 Å². The van der Waals surface area contributed by atoms with Crippen molar-refractivity contribution in [1.82, 2.24) is 10.2 Å². The van der Waals surface area contributed by atoms with Gasteiger partial charge in [0.05, 0.1) is 18.3 Å². The number of nitrogens with zero attached hydrogens (tertiary/aromatic N) is 2. The van der Waals surface area contributed by atoms with Crippen LogP contribution >= 0.6 is 0 Å². The number of hydrogen-bond donors (Lipinski definition) is 1. The number of rotatable bonds is 1. The third-order valence-corrected chi connectivity index (χ3v) is 4.28. The molecule has 0 amide bonds. The predicted molar refractivity (Wildman–Crippen MR) is 72.8 cm³/mol. The molecule has 3 rings (SSSR count). The van der Waals surface area contributed by atoms with E-state index in [9.17, 15) is 4.39 Å². The number of benzene rings is 1. The van der Waals surface area contributed by atoms with Crippen LogP contribution in [0, 0.1) is 24.1 Å². The molecule has 20 heavy (non-hydrogen) atoms. The Kier molecular flexibility index (Phi) is 3.70. The summed E-state index contributed by atoms with van der Waals surface area (Å²) in [4.78, 5) is 2.42. The van der Waals surface area contributed by atoms with E-state index in [-0.39, 0.29) is 11.7 Å². The predicted octanol–water partition coefficient (Wildman–Crippen LogP) is 1.35. The van der Waals surface area contributed by atoms with Gasteiger partial charge in [-0.2, -0.15) is 5.26 Å². The number of piperazine rings is 1. The summed E-state index contributed by atoms with van der Waals surface area (Å²) in [7, 11) is 0. The van der Waals surface area contributed by atoms with Crippen LogP contribution < -0.4 is 5.32 Å². The molecular weight excluding hydrogens is 257 g/mol. The van der Waals surface area contributed by atoms with Gasteiger partial charge < -0.3 is 10.1 Å². The van der Waals surface area contributed by atoms with Gasteiger partial charge in [0.25, 0.3) is 0 Å². The van der Waals surface area contributed by atoms with Crippen LogP contribution in [0.1, 0.15) is 22.8 Å². The number of morpholine rings is 1. The lowest BCUT2D eigenvalue weighted by Gasteiger charge is -2.43. The van der Waals surface area contributed by atoms with Crippen LogP contribution in [-0.2, 0) is 4.74 Å². The minimum atomic E-state index is -0.454. The summed E-state index contributed by atoms with van der Waals surface area (Å²) >= 11 is 0. The number of fused-ring (bicyclic) bond motifs is 1. The summed E-state index contributed by atoms with van der Waals surface area (Å²) in [6, 6.07) is 5.49. The molecule has 0 radical (unpaired) electrons. The lowest BCUT2D eigenvalue weighted by molar-refractivity contribution is -0.0720. The summed E-state index contributed by atoms with van der Waals surface area (Å²) in [5, 5.41) is 12.4. The van der Waals surface area contributed by atoms with Gasteiger partial charge in [0.2, 0.25) is 0 Å². The quantitative estimate of drug-likeness (QED) is 0.840. The lowest BCUT2D eigenvalue weighted by Crippen LogP contribution is -2.57. The Morgan fingerprint density at radius 2 is 2.35 bits per heavy atom. The second-order valence-corrected chi connectivity index (χ2v) is 5.42. The molecule has 2 fully saturated rings. The number of ether oxygens (including phenoxy) is 1. The van der Waals surface area contributed by atoms with Crippen molar-refractivity contribution in [3.63, 3.8) is 0 Å². The molecule has 1 aromatic rings. The smallest absolute Gasteiger partial charge is 0.141 e. The second-order valence-electron chi connectivity index (χ2n) is 5.42. The molecule has 2 atom stereocenters.